The van der Waals surface area contributed by atoms with Crippen LogP contribution in [0.4, 0.5) is 0 Å². The van der Waals surface area contributed by atoms with Gasteiger partial charge in [0, 0.05) is 0 Å². The molecule has 128 valence electrons. The van der Waals surface area contributed by atoms with Crippen molar-refractivity contribution in [1.29, 1.82) is 0 Å². The normalized spacial score (nSPS) is 39.7. The van der Waals surface area contributed by atoms with Gasteiger partial charge in [0.1, 0.15) is 0 Å². The molecule has 2 saturated carbocycles. The summed E-state index contributed by atoms with van der Waals surface area (Å²) in [7, 11) is 0. The molecule has 0 N–H and O–H groups in total. The van der Waals surface area contributed by atoms with Crippen molar-refractivity contribution < 1.29 is 0 Å². The fraction of sp³-hybridized carbons (Fsp3) is 0.909. The number of rotatable bonds is 7. The van der Waals surface area contributed by atoms with Gasteiger partial charge in [0.05, 0.1) is 0 Å². The zero-order valence-corrected chi connectivity index (χ0v) is 15.9. The van der Waals surface area contributed by atoms with E-state index in [1.54, 1.807) is 0 Å². The van der Waals surface area contributed by atoms with E-state index in [2.05, 4.69) is 47.3 Å². The molecule has 0 aromatic carbocycles. The molecular weight excluding hydrogens is 264 g/mol. The van der Waals surface area contributed by atoms with Crippen molar-refractivity contribution in [2.24, 2.45) is 40.9 Å². The van der Waals surface area contributed by atoms with Crippen molar-refractivity contribution in [3.8, 4) is 0 Å². The summed E-state index contributed by atoms with van der Waals surface area (Å²) >= 11 is 0. The lowest BCUT2D eigenvalue weighted by atomic mass is 9.56. The molecular formula is C22H40. The van der Waals surface area contributed by atoms with Gasteiger partial charge >= 0.3 is 0 Å². The van der Waals surface area contributed by atoms with Gasteiger partial charge in [-0.05, 0) is 73.0 Å². The standard InChI is InChI=1S/C22H40/c1-7-9-19-17(4)14-15-22(6)20(12-13-21(19)22)18(5)11-8-10-16(2)3/h7,16-21H,1,8-15H2,2-6H3. The van der Waals surface area contributed by atoms with E-state index in [9.17, 15) is 0 Å². The van der Waals surface area contributed by atoms with E-state index in [4.69, 9.17) is 0 Å². The summed E-state index contributed by atoms with van der Waals surface area (Å²) < 4.78 is 0. The van der Waals surface area contributed by atoms with Crippen LogP contribution >= 0.6 is 0 Å². The molecule has 6 atom stereocenters. The molecule has 22 heavy (non-hydrogen) atoms. The Morgan fingerprint density at radius 2 is 1.86 bits per heavy atom. The quantitative estimate of drug-likeness (QED) is 0.440. The molecule has 2 aliphatic rings. The predicted molar refractivity (Wildman–Crippen MR) is 98.9 cm³/mol. The number of hydrogen-bond acceptors (Lipinski definition) is 0. The molecule has 6 unspecified atom stereocenters. The molecule has 0 bridgehead atoms. The van der Waals surface area contributed by atoms with E-state index in [0.717, 1.165) is 35.5 Å². The van der Waals surface area contributed by atoms with E-state index in [0.29, 0.717) is 5.41 Å². The average Bonchev–Trinajstić information content (AvgIpc) is 2.80. The lowest BCUT2D eigenvalue weighted by molar-refractivity contribution is 0.00185. The van der Waals surface area contributed by atoms with Crippen LogP contribution in [-0.4, -0.2) is 0 Å². The molecule has 0 amide bonds. The van der Waals surface area contributed by atoms with Crippen LogP contribution in [0.2, 0.25) is 0 Å². The Hall–Kier alpha value is -0.260. The second-order valence-corrected chi connectivity index (χ2v) is 9.30. The van der Waals surface area contributed by atoms with E-state index in [1.165, 1.54) is 51.4 Å². The third-order valence-corrected chi connectivity index (χ3v) is 7.44. The minimum Gasteiger partial charge on any atom is -0.103 e. The summed E-state index contributed by atoms with van der Waals surface area (Å²) in [4.78, 5) is 0. The maximum atomic E-state index is 4.04. The smallest absolute Gasteiger partial charge is 0.0264 e. The molecule has 0 spiro atoms. The topological polar surface area (TPSA) is 0 Å². The number of allylic oxidation sites excluding steroid dienone is 1. The van der Waals surface area contributed by atoms with Gasteiger partial charge in [0.15, 0.2) is 0 Å². The molecule has 0 aliphatic heterocycles. The zero-order chi connectivity index (χ0) is 16.3. The molecule has 0 radical (unpaired) electrons. The first kappa shape index (κ1) is 18.1. The van der Waals surface area contributed by atoms with Crippen LogP contribution in [0.5, 0.6) is 0 Å². The van der Waals surface area contributed by atoms with Gasteiger partial charge in [-0.25, -0.2) is 0 Å². The van der Waals surface area contributed by atoms with Crippen molar-refractivity contribution in [3.63, 3.8) is 0 Å². The second kappa shape index (κ2) is 7.54. The zero-order valence-electron chi connectivity index (χ0n) is 15.9. The van der Waals surface area contributed by atoms with E-state index < -0.39 is 0 Å². The van der Waals surface area contributed by atoms with Crippen LogP contribution in [0.1, 0.15) is 86.0 Å². The van der Waals surface area contributed by atoms with Crippen LogP contribution in [-0.2, 0) is 0 Å². The lowest BCUT2D eigenvalue weighted by Gasteiger charge is -2.49. The van der Waals surface area contributed by atoms with Crippen molar-refractivity contribution in [2.45, 2.75) is 86.0 Å². The van der Waals surface area contributed by atoms with Gasteiger partial charge < -0.3 is 0 Å². The Morgan fingerprint density at radius 3 is 2.50 bits per heavy atom. The van der Waals surface area contributed by atoms with Crippen molar-refractivity contribution in [1.82, 2.24) is 0 Å². The average molecular weight is 305 g/mol. The van der Waals surface area contributed by atoms with Crippen molar-refractivity contribution in [2.75, 3.05) is 0 Å². The van der Waals surface area contributed by atoms with E-state index >= 15 is 0 Å². The lowest BCUT2D eigenvalue weighted by Crippen LogP contribution is -2.42. The highest BCUT2D eigenvalue weighted by Crippen LogP contribution is 2.61. The van der Waals surface area contributed by atoms with Crippen molar-refractivity contribution >= 4 is 0 Å². The van der Waals surface area contributed by atoms with Gasteiger partial charge in [-0.1, -0.05) is 60.0 Å². The van der Waals surface area contributed by atoms with Gasteiger partial charge in [-0.2, -0.15) is 0 Å². The second-order valence-electron chi connectivity index (χ2n) is 9.30. The Kier molecular flexibility index (Phi) is 6.20. The summed E-state index contributed by atoms with van der Waals surface area (Å²) in [6.07, 6.45) is 13.6. The molecule has 0 nitrogen and oxygen atoms in total. The van der Waals surface area contributed by atoms with Gasteiger partial charge in [0.2, 0.25) is 0 Å². The van der Waals surface area contributed by atoms with Crippen molar-refractivity contribution in [3.05, 3.63) is 12.7 Å². The molecule has 0 aromatic rings. The predicted octanol–water partition coefficient (Wildman–Crippen LogP) is 7.10. The maximum Gasteiger partial charge on any atom is -0.0264 e. The highest BCUT2D eigenvalue weighted by atomic mass is 14.6. The summed E-state index contributed by atoms with van der Waals surface area (Å²) in [6.45, 7) is 16.5. The Bertz CT molecular complexity index is 355. The third-order valence-electron chi connectivity index (χ3n) is 7.44. The number of hydrogen-bond donors (Lipinski definition) is 0. The van der Waals surface area contributed by atoms with E-state index in [1.807, 2.05) is 0 Å². The van der Waals surface area contributed by atoms with E-state index in [-0.39, 0.29) is 0 Å². The van der Waals surface area contributed by atoms with Crippen LogP contribution in [0.3, 0.4) is 0 Å². The Balaban J connectivity index is 2.02. The SMILES string of the molecule is C=CCC1C(C)CCC2(C)C(C(C)CCCC(C)C)CCC12. The van der Waals surface area contributed by atoms with Gasteiger partial charge in [0.25, 0.3) is 0 Å². The summed E-state index contributed by atoms with van der Waals surface area (Å²) in [5.41, 5.74) is 0.622. The summed E-state index contributed by atoms with van der Waals surface area (Å²) in [5.74, 6) is 5.55. The van der Waals surface area contributed by atoms with Crippen LogP contribution in [0.25, 0.3) is 0 Å². The van der Waals surface area contributed by atoms with Crippen LogP contribution < -0.4 is 0 Å². The highest BCUT2D eigenvalue weighted by molar-refractivity contribution is 5.03. The highest BCUT2D eigenvalue weighted by Gasteiger charge is 2.53. The largest absolute Gasteiger partial charge is 0.103 e. The van der Waals surface area contributed by atoms with Crippen LogP contribution in [0.15, 0.2) is 12.7 Å². The first-order chi connectivity index (χ1) is 10.4. The maximum absolute atomic E-state index is 4.04. The van der Waals surface area contributed by atoms with Crippen LogP contribution in [0, 0.1) is 40.9 Å². The number of fused-ring (bicyclic) bond motifs is 1. The first-order valence-corrected chi connectivity index (χ1v) is 10.0. The fourth-order valence-electron chi connectivity index (χ4n) is 6.09. The monoisotopic (exact) mass is 304 g/mol. The van der Waals surface area contributed by atoms with Gasteiger partial charge in [-0.15, -0.1) is 6.58 Å². The first-order valence-electron chi connectivity index (χ1n) is 10.0. The summed E-state index contributed by atoms with van der Waals surface area (Å²) in [5, 5.41) is 0. The molecule has 2 rings (SSSR count). The molecule has 2 fully saturated rings. The minimum atomic E-state index is 0.622. The molecule has 0 heteroatoms. The fourth-order valence-corrected chi connectivity index (χ4v) is 6.09. The summed E-state index contributed by atoms with van der Waals surface area (Å²) in [6, 6.07) is 0. The Morgan fingerprint density at radius 1 is 1.14 bits per heavy atom. The third kappa shape index (κ3) is 3.62. The molecule has 0 heterocycles. The Labute approximate surface area is 140 Å². The molecule has 0 saturated heterocycles. The molecule has 0 aromatic heterocycles. The molecule has 2 aliphatic carbocycles. The van der Waals surface area contributed by atoms with Gasteiger partial charge in [-0.3, -0.25) is 0 Å². The minimum absolute atomic E-state index is 0.622.